The van der Waals surface area contributed by atoms with E-state index in [9.17, 15) is 22.8 Å². The number of alkyl halides is 3. The lowest BCUT2D eigenvalue weighted by molar-refractivity contribution is -0.142. The van der Waals surface area contributed by atoms with Crippen molar-refractivity contribution in [2.75, 3.05) is 13.7 Å². The summed E-state index contributed by atoms with van der Waals surface area (Å²) in [5, 5.41) is 6.10. The standard InChI is InChI=1S/C15H18F3N3O3/c1-24-13(23)7-4-8-19-12(22)9-21-11-6-3-2-5-10(11)14(20-21)15(16,17)18/h4,7H,2-3,5-6,8-9H2,1H3,(H,19,22)/b7-4+. The van der Waals surface area contributed by atoms with Crippen LogP contribution in [0.5, 0.6) is 0 Å². The first-order valence-electron chi connectivity index (χ1n) is 7.50. The second kappa shape index (κ2) is 7.50. The molecule has 1 amide bonds. The fourth-order valence-corrected chi connectivity index (χ4v) is 2.62. The van der Waals surface area contributed by atoms with Gasteiger partial charge in [0.2, 0.25) is 5.91 Å². The monoisotopic (exact) mass is 345 g/mol. The minimum atomic E-state index is -4.52. The summed E-state index contributed by atoms with van der Waals surface area (Å²) < 4.78 is 44.7. The minimum Gasteiger partial charge on any atom is -0.466 e. The van der Waals surface area contributed by atoms with Crippen molar-refractivity contribution in [1.82, 2.24) is 15.1 Å². The molecule has 9 heteroatoms. The van der Waals surface area contributed by atoms with Crippen molar-refractivity contribution >= 4 is 11.9 Å². The molecule has 1 aromatic rings. The lowest BCUT2D eigenvalue weighted by atomic mass is 9.95. The van der Waals surface area contributed by atoms with Crippen molar-refractivity contribution in [3.05, 3.63) is 29.1 Å². The van der Waals surface area contributed by atoms with Gasteiger partial charge in [-0.2, -0.15) is 18.3 Å². The fourth-order valence-electron chi connectivity index (χ4n) is 2.62. The van der Waals surface area contributed by atoms with Gasteiger partial charge in [-0.3, -0.25) is 9.48 Å². The highest BCUT2D eigenvalue weighted by molar-refractivity contribution is 5.82. The maximum absolute atomic E-state index is 13.1. The molecule has 0 aliphatic heterocycles. The predicted molar refractivity (Wildman–Crippen MR) is 78.0 cm³/mol. The molecule has 0 aromatic carbocycles. The zero-order valence-electron chi connectivity index (χ0n) is 13.2. The Morgan fingerprint density at radius 2 is 2.04 bits per heavy atom. The van der Waals surface area contributed by atoms with E-state index in [1.54, 1.807) is 0 Å². The van der Waals surface area contributed by atoms with Gasteiger partial charge in [0.05, 0.1) is 7.11 Å². The zero-order chi connectivity index (χ0) is 17.7. The first-order valence-corrected chi connectivity index (χ1v) is 7.50. The molecule has 1 heterocycles. The third-order valence-corrected chi connectivity index (χ3v) is 3.69. The third kappa shape index (κ3) is 4.36. The number of carbonyl (C=O) groups is 2. The molecule has 0 saturated heterocycles. The van der Waals surface area contributed by atoms with Crippen LogP contribution in [0.1, 0.15) is 29.8 Å². The van der Waals surface area contributed by atoms with Crippen LogP contribution in [-0.2, 0) is 39.9 Å². The van der Waals surface area contributed by atoms with Gasteiger partial charge in [0.15, 0.2) is 5.69 Å². The van der Waals surface area contributed by atoms with Crippen LogP contribution in [0.3, 0.4) is 0 Å². The highest BCUT2D eigenvalue weighted by atomic mass is 19.4. The van der Waals surface area contributed by atoms with Gasteiger partial charge >= 0.3 is 12.1 Å². The Bertz CT molecular complexity index is 650. The molecule has 0 spiro atoms. The lowest BCUT2D eigenvalue weighted by Crippen LogP contribution is -2.29. The molecule has 132 valence electrons. The van der Waals surface area contributed by atoms with Crippen LogP contribution in [0.2, 0.25) is 0 Å². The first-order chi connectivity index (χ1) is 11.3. The van der Waals surface area contributed by atoms with Gasteiger partial charge in [-0.25, -0.2) is 4.79 Å². The third-order valence-electron chi connectivity index (χ3n) is 3.69. The van der Waals surface area contributed by atoms with Crippen molar-refractivity contribution in [3.63, 3.8) is 0 Å². The molecule has 0 radical (unpaired) electrons. The van der Waals surface area contributed by atoms with Gasteiger partial charge in [-0.1, -0.05) is 6.08 Å². The summed E-state index contributed by atoms with van der Waals surface area (Å²) in [7, 11) is 1.23. The van der Waals surface area contributed by atoms with Crippen molar-refractivity contribution < 1.29 is 27.5 Å². The van der Waals surface area contributed by atoms with Gasteiger partial charge in [-0.05, 0) is 25.7 Å². The smallest absolute Gasteiger partial charge is 0.435 e. The van der Waals surface area contributed by atoms with Gasteiger partial charge in [0.1, 0.15) is 6.54 Å². The topological polar surface area (TPSA) is 73.2 Å². The second-order valence-electron chi connectivity index (χ2n) is 5.37. The van der Waals surface area contributed by atoms with Crippen molar-refractivity contribution in [3.8, 4) is 0 Å². The summed E-state index contributed by atoms with van der Waals surface area (Å²) >= 11 is 0. The van der Waals surface area contributed by atoms with E-state index in [1.165, 1.54) is 13.2 Å². The predicted octanol–water partition coefficient (Wildman–Crippen LogP) is 1.63. The van der Waals surface area contributed by atoms with Gasteiger partial charge in [-0.15, -0.1) is 0 Å². The number of nitrogens with one attached hydrogen (secondary N) is 1. The molecule has 2 rings (SSSR count). The summed E-state index contributed by atoms with van der Waals surface area (Å²) in [5.74, 6) is -1.03. The molecular formula is C15H18F3N3O3. The van der Waals surface area contributed by atoms with E-state index in [2.05, 4.69) is 15.2 Å². The number of fused-ring (bicyclic) bond motifs is 1. The Morgan fingerprint density at radius 1 is 1.33 bits per heavy atom. The van der Waals surface area contributed by atoms with Gasteiger partial charge < -0.3 is 10.1 Å². The van der Waals surface area contributed by atoms with E-state index < -0.39 is 23.7 Å². The number of halogens is 3. The Kier molecular flexibility index (Phi) is 5.63. The molecule has 1 N–H and O–H groups in total. The quantitative estimate of drug-likeness (QED) is 0.650. The summed E-state index contributed by atoms with van der Waals surface area (Å²) in [5.41, 5.74) is -0.212. The molecular weight excluding hydrogens is 327 g/mol. The Labute approximate surface area is 136 Å². The molecule has 24 heavy (non-hydrogen) atoms. The van der Waals surface area contributed by atoms with Gasteiger partial charge in [0, 0.05) is 23.9 Å². The average Bonchev–Trinajstić information content (AvgIpc) is 2.90. The molecule has 0 fully saturated rings. The number of rotatable bonds is 5. The maximum atomic E-state index is 13.1. The summed E-state index contributed by atoms with van der Waals surface area (Å²) in [6.45, 7) is -0.214. The van der Waals surface area contributed by atoms with Crippen molar-refractivity contribution in [2.45, 2.75) is 38.4 Å². The normalized spacial score (nSPS) is 14.5. The molecule has 1 aromatic heterocycles. The number of nitrogens with zero attached hydrogens (tertiary/aromatic N) is 2. The van der Waals surface area contributed by atoms with E-state index in [0.717, 1.165) is 17.2 Å². The van der Waals surface area contributed by atoms with Gasteiger partial charge in [0.25, 0.3) is 0 Å². The van der Waals surface area contributed by atoms with E-state index in [4.69, 9.17) is 0 Å². The van der Waals surface area contributed by atoms with Crippen LogP contribution in [-0.4, -0.2) is 35.3 Å². The van der Waals surface area contributed by atoms with Crippen LogP contribution < -0.4 is 5.32 Å². The van der Waals surface area contributed by atoms with Crippen LogP contribution in [0.25, 0.3) is 0 Å². The number of aromatic nitrogens is 2. The van der Waals surface area contributed by atoms with E-state index in [0.29, 0.717) is 25.0 Å². The SMILES string of the molecule is COC(=O)/C=C/CNC(=O)Cn1nc(C(F)(F)F)c2c1CCCC2. The van der Waals surface area contributed by atoms with Crippen molar-refractivity contribution in [2.24, 2.45) is 0 Å². The molecule has 6 nitrogen and oxygen atoms in total. The Hall–Kier alpha value is -2.32. The van der Waals surface area contributed by atoms with E-state index in [1.807, 2.05) is 0 Å². The number of hydrogen-bond acceptors (Lipinski definition) is 4. The number of amides is 1. The largest absolute Gasteiger partial charge is 0.466 e. The second-order valence-corrected chi connectivity index (χ2v) is 5.37. The van der Waals surface area contributed by atoms with Crippen LogP contribution in [0, 0.1) is 0 Å². The lowest BCUT2D eigenvalue weighted by Gasteiger charge is -2.14. The molecule has 0 atom stereocenters. The number of hydrogen-bond donors (Lipinski definition) is 1. The molecule has 0 saturated carbocycles. The van der Waals surface area contributed by atoms with Crippen molar-refractivity contribution in [1.29, 1.82) is 0 Å². The highest BCUT2D eigenvalue weighted by Gasteiger charge is 2.39. The maximum Gasteiger partial charge on any atom is 0.435 e. The number of carbonyl (C=O) groups excluding carboxylic acids is 2. The zero-order valence-corrected chi connectivity index (χ0v) is 13.2. The minimum absolute atomic E-state index is 0.0729. The first kappa shape index (κ1) is 18.0. The number of esters is 1. The molecule has 1 aliphatic carbocycles. The van der Waals surface area contributed by atoms with Crippen LogP contribution in [0.15, 0.2) is 12.2 Å². The van der Waals surface area contributed by atoms with Crippen LogP contribution >= 0.6 is 0 Å². The number of methoxy groups -OCH3 is 1. The Balaban J connectivity index is 2.04. The molecule has 0 unspecified atom stereocenters. The highest BCUT2D eigenvalue weighted by Crippen LogP contribution is 2.35. The molecule has 1 aliphatic rings. The van der Waals surface area contributed by atoms with E-state index >= 15 is 0 Å². The fraction of sp³-hybridized carbons (Fsp3) is 0.533. The van der Waals surface area contributed by atoms with Crippen LogP contribution in [0.4, 0.5) is 13.2 Å². The summed E-state index contributed by atoms with van der Waals surface area (Å²) in [6.07, 6.45) is 0.293. The summed E-state index contributed by atoms with van der Waals surface area (Å²) in [6, 6.07) is 0. The molecule has 0 bridgehead atoms. The summed E-state index contributed by atoms with van der Waals surface area (Å²) in [4.78, 5) is 22.7. The number of ether oxygens (including phenoxy) is 1. The Morgan fingerprint density at radius 3 is 2.71 bits per heavy atom. The average molecular weight is 345 g/mol. The van der Waals surface area contributed by atoms with E-state index in [-0.39, 0.29) is 18.7 Å².